The van der Waals surface area contributed by atoms with Crippen LogP contribution in [0, 0.1) is 0 Å². The first-order valence-electron chi connectivity index (χ1n) is 6.62. The Morgan fingerprint density at radius 2 is 1.95 bits per heavy atom. The smallest absolute Gasteiger partial charge is 0.410 e. The van der Waals surface area contributed by atoms with Gasteiger partial charge in [0.2, 0.25) is 0 Å². The summed E-state index contributed by atoms with van der Waals surface area (Å²) in [6.07, 6.45) is -2.03. The van der Waals surface area contributed by atoms with E-state index >= 15 is 0 Å². The van der Waals surface area contributed by atoms with Crippen molar-refractivity contribution in [2.24, 2.45) is 0 Å². The lowest BCUT2D eigenvalue weighted by Crippen LogP contribution is -2.48. The van der Waals surface area contributed by atoms with Gasteiger partial charge in [-0.25, -0.2) is 13.6 Å². The van der Waals surface area contributed by atoms with Crippen molar-refractivity contribution in [3.05, 3.63) is 29.8 Å². The summed E-state index contributed by atoms with van der Waals surface area (Å²) in [5.41, 5.74) is -0.604. The summed E-state index contributed by atoms with van der Waals surface area (Å²) in [6.45, 7) is 2.21. The lowest BCUT2D eigenvalue weighted by Gasteiger charge is -2.29. The number of carboxylic acid groups (broad SMARTS) is 1. The lowest BCUT2D eigenvalue weighted by molar-refractivity contribution is -0.0674. The van der Waals surface area contributed by atoms with Crippen LogP contribution in [0.5, 0.6) is 0 Å². The molecule has 5 nitrogen and oxygen atoms in total. The van der Waals surface area contributed by atoms with Crippen molar-refractivity contribution in [3.8, 4) is 0 Å². The minimum absolute atomic E-state index is 0.315. The van der Waals surface area contributed by atoms with Crippen LogP contribution in [0.25, 0.3) is 0 Å². The molecule has 0 aromatic heterocycles. The van der Waals surface area contributed by atoms with Crippen LogP contribution in [0.2, 0.25) is 0 Å². The van der Waals surface area contributed by atoms with Gasteiger partial charge in [-0.15, -0.1) is 0 Å². The Labute approximate surface area is 129 Å². The molecular weight excluding hydrogens is 316 g/mol. The second-order valence-electron chi connectivity index (χ2n) is 5.38. The van der Waals surface area contributed by atoms with Crippen molar-refractivity contribution in [1.82, 2.24) is 4.90 Å². The third kappa shape index (κ3) is 2.98. The average molecular weight is 333 g/mol. The molecule has 0 aliphatic carbocycles. The third-order valence-electron chi connectivity index (χ3n) is 3.61. The van der Waals surface area contributed by atoms with Crippen molar-refractivity contribution < 1.29 is 27.6 Å². The predicted molar refractivity (Wildman–Crippen MR) is 76.4 cm³/mol. The van der Waals surface area contributed by atoms with E-state index in [1.54, 1.807) is 26.0 Å². The third-order valence-corrected chi connectivity index (χ3v) is 4.61. The van der Waals surface area contributed by atoms with Crippen molar-refractivity contribution in [2.75, 3.05) is 12.7 Å². The first kappa shape index (κ1) is 16.8. The number of alkyl halides is 2. The average Bonchev–Trinajstić information content (AvgIpc) is 2.77. The number of benzene rings is 1. The summed E-state index contributed by atoms with van der Waals surface area (Å²) in [7, 11) is -1.73. The highest BCUT2D eigenvalue weighted by Gasteiger charge is 2.50. The fourth-order valence-corrected chi connectivity index (χ4v) is 3.23. The Kier molecular flexibility index (Phi) is 4.81. The molecule has 1 unspecified atom stereocenters. The molecule has 1 fully saturated rings. The van der Waals surface area contributed by atoms with Crippen LogP contribution in [0.3, 0.4) is 0 Å². The highest BCUT2D eigenvalue weighted by Crippen LogP contribution is 2.41. The van der Waals surface area contributed by atoms with Crippen LogP contribution in [0.15, 0.2) is 29.2 Å². The van der Waals surface area contributed by atoms with Gasteiger partial charge < -0.3 is 9.84 Å². The molecule has 1 amide bonds. The minimum Gasteiger partial charge on any atom is -0.465 e. The van der Waals surface area contributed by atoms with Gasteiger partial charge >= 0.3 is 6.09 Å². The normalized spacial score (nSPS) is 25.2. The maximum absolute atomic E-state index is 13.4. The Hall–Kier alpha value is -1.54. The highest BCUT2D eigenvalue weighted by atomic mass is 32.2. The zero-order valence-electron chi connectivity index (χ0n) is 12.2. The molecule has 1 aromatic rings. The van der Waals surface area contributed by atoms with Crippen LogP contribution in [-0.2, 0) is 15.5 Å². The van der Waals surface area contributed by atoms with E-state index in [4.69, 9.17) is 4.74 Å². The number of nitrogens with zero attached hydrogens (tertiary/aromatic N) is 1. The Morgan fingerprint density at radius 1 is 1.36 bits per heavy atom. The van der Waals surface area contributed by atoms with Crippen molar-refractivity contribution in [2.45, 2.75) is 36.6 Å². The van der Waals surface area contributed by atoms with Gasteiger partial charge in [-0.1, -0.05) is 12.1 Å². The summed E-state index contributed by atoms with van der Waals surface area (Å²) < 4.78 is 42.8. The molecule has 1 heterocycles. The van der Waals surface area contributed by atoms with Gasteiger partial charge in [-0.3, -0.25) is 9.11 Å². The Balaban J connectivity index is 2.32. The summed E-state index contributed by atoms with van der Waals surface area (Å²) >= 11 is 0. The number of ether oxygens (including phenoxy) is 1. The van der Waals surface area contributed by atoms with E-state index < -0.39 is 47.4 Å². The number of rotatable bonds is 4. The number of hydrogen-bond donors (Lipinski definition) is 1. The monoisotopic (exact) mass is 333 g/mol. The van der Waals surface area contributed by atoms with E-state index in [0.717, 1.165) is 4.90 Å². The molecule has 1 saturated heterocycles. The van der Waals surface area contributed by atoms with Crippen molar-refractivity contribution in [3.63, 3.8) is 0 Å². The van der Waals surface area contributed by atoms with Gasteiger partial charge in [0.25, 0.3) is 0 Å². The Bertz CT molecular complexity index is 579. The number of carbonyl (C=O) groups is 1. The van der Waals surface area contributed by atoms with Crippen LogP contribution in [-0.4, -0.2) is 44.8 Å². The molecule has 8 heteroatoms. The zero-order chi connectivity index (χ0) is 16.5. The second-order valence-corrected chi connectivity index (χ2v) is 6.76. The van der Waals surface area contributed by atoms with Gasteiger partial charge in [0.15, 0.2) is 6.01 Å². The van der Waals surface area contributed by atoms with E-state index in [1.165, 1.54) is 12.1 Å². The molecule has 22 heavy (non-hydrogen) atoms. The molecule has 0 radical (unpaired) electrons. The molecule has 2 rings (SSSR count). The van der Waals surface area contributed by atoms with Crippen LogP contribution in [0.1, 0.15) is 25.5 Å². The SMILES string of the molecule is CC1(C)O[C@H](c2ccc(S(=O)CF)cc2)[C@H](CF)N1C(=O)O. The molecule has 122 valence electrons. The van der Waals surface area contributed by atoms with Crippen LogP contribution < -0.4 is 0 Å². The van der Waals surface area contributed by atoms with E-state index in [9.17, 15) is 22.9 Å². The largest absolute Gasteiger partial charge is 0.465 e. The molecule has 1 aromatic carbocycles. The van der Waals surface area contributed by atoms with Crippen LogP contribution in [0.4, 0.5) is 13.6 Å². The summed E-state index contributed by atoms with van der Waals surface area (Å²) in [4.78, 5) is 12.6. The number of amides is 1. The van der Waals surface area contributed by atoms with Gasteiger partial charge in [-0.05, 0) is 31.5 Å². The molecule has 3 atom stereocenters. The molecular formula is C14H17F2NO4S. The molecule has 1 N–H and O–H groups in total. The molecule has 0 saturated carbocycles. The zero-order valence-corrected chi connectivity index (χ0v) is 13.0. The Morgan fingerprint density at radius 3 is 2.41 bits per heavy atom. The predicted octanol–water partition coefficient (Wildman–Crippen LogP) is 2.85. The van der Waals surface area contributed by atoms with E-state index in [2.05, 4.69) is 0 Å². The van der Waals surface area contributed by atoms with Gasteiger partial charge in [0.1, 0.15) is 18.5 Å². The summed E-state index contributed by atoms with van der Waals surface area (Å²) in [5.74, 6) is 0. The molecule has 1 aliphatic heterocycles. The standard InChI is InChI=1S/C14H17F2NO4S/c1-14(2)17(13(18)19)11(7-15)12(21-14)9-3-5-10(6-4-9)22(20)8-16/h3-6,11-12H,7-8H2,1-2H3,(H,18,19)/t11-,12+,22?/m0/s1. The maximum Gasteiger partial charge on any atom is 0.410 e. The maximum atomic E-state index is 13.4. The quantitative estimate of drug-likeness (QED) is 0.920. The molecule has 1 aliphatic rings. The van der Waals surface area contributed by atoms with E-state index in [-0.39, 0.29) is 0 Å². The van der Waals surface area contributed by atoms with Gasteiger partial charge in [0, 0.05) is 4.90 Å². The first-order chi connectivity index (χ1) is 10.3. The summed E-state index contributed by atoms with van der Waals surface area (Å²) in [5, 5.41) is 9.26. The fraction of sp³-hybridized carbons (Fsp3) is 0.500. The van der Waals surface area contributed by atoms with Gasteiger partial charge in [-0.2, -0.15) is 0 Å². The van der Waals surface area contributed by atoms with Crippen molar-refractivity contribution in [1.29, 1.82) is 0 Å². The fourth-order valence-electron chi connectivity index (χ4n) is 2.67. The highest BCUT2D eigenvalue weighted by molar-refractivity contribution is 7.84. The van der Waals surface area contributed by atoms with Crippen molar-refractivity contribution >= 4 is 16.9 Å². The summed E-state index contributed by atoms with van der Waals surface area (Å²) in [6, 6.07) is 4.10. The lowest BCUT2D eigenvalue weighted by atomic mass is 10.0. The van der Waals surface area contributed by atoms with Gasteiger partial charge in [0.05, 0.1) is 16.8 Å². The second kappa shape index (κ2) is 6.29. The van der Waals surface area contributed by atoms with E-state index in [0.29, 0.717) is 10.5 Å². The number of halogens is 2. The first-order valence-corrected chi connectivity index (χ1v) is 7.94. The topological polar surface area (TPSA) is 66.8 Å². The molecule has 0 spiro atoms. The number of hydrogen-bond acceptors (Lipinski definition) is 3. The minimum atomic E-state index is -1.73. The van der Waals surface area contributed by atoms with Crippen LogP contribution >= 0.6 is 0 Å². The van der Waals surface area contributed by atoms with E-state index in [1.807, 2.05) is 0 Å². The molecule has 0 bridgehead atoms.